The van der Waals surface area contributed by atoms with Gasteiger partial charge in [-0.1, -0.05) is 31.2 Å². The van der Waals surface area contributed by atoms with E-state index < -0.39 is 0 Å². The van der Waals surface area contributed by atoms with Crippen LogP contribution in [0.5, 0.6) is 0 Å². The van der Waals surface area contributed by atoms with Crippen LogP contribution in [0.2, 0.25) is 0 Å². The SMILES string of the molecule is CCCN(Cc1ccc2ccccc2n1)CC1CCCN1. The first-order valence-electron chi connectivity index (χ1n) is 8.15. The number of hydrogen-bond acceptors (Lipinski definition) is 3. The second-order valence-corrected chi connectivity index (χ2v) is 6.02. The fourth-order valence-corrected chi connectivity index (χ4v) is 3.20. The van der Waals surface area contributed by atoms with Crippen molar-refractivity contribution >= 4 is 10.9 Å². The molecule has 3 nitrogen and oxygen atoms in total. The summed E-state index contributed by atoms with van der Waals surface area (Å²) in [5, 5.41) is 4.82. The van der Waals surface area contributed by atoms with Crippen LogP contribution in [0.3, 0.4) is 0 Å². The molecule has 1 atom stereocenters. The number of benzene rings is 1. The molecule has 21 heavy (non-hydrogen) atoms. The van der Waals surface area contributed by atoms with Gasteiger partial charge in [-0.05, 0) is 44.5 Å². The number of fused-ring (bicyclic) bond motifs is 1. The summed E-state index contributed by atoms with van der Waals surface area (Å²) in [5.74, 6) is 0. The van der Waals surface area contributed by atoms with Crippen molar-refractivity contribution in [2.24, 2.45) is 0 Å². The standard InChI is InChI=1S/C18H25N3/c1-2-12-21(13-16-7-5-11-19-16)14-17-10-9-15-6-3-4-8-18(15)20-17/h3-4,6,8-10,16,19H,2,5,7,11-14H2,1H3. The molecule has 1 unspecified atom stereocenters. The molecule has 3 heteroatoms. The lowest BCUT2D eigenvalue weighted by atomic mass is 10.2. The average Bonchev–Trinajstić information content (AvgIpc) is 3.00. The highest BCUT2D eigenvalue weighted by Crippen LogP contribution is 2.14. The van der Waals surface area contributed by atoms with Crippen LogP contribution in [0, 0.1) is 0 Å². The molecule has 1 aromatic carbocycles. The van der Waals surface area contributed by atoms with Gasteiger partial charge < -0.3 is 5.32 Å². The highest BCUT2D eigenvalue weighted by Gasteiger charge is 2.17. The van der Waals surface area contributed by atoms with E-state index in [2.05, 4.69) is 53.5 Å². The Labute approximate surface area is 127 Å². The third kappa shape index (κ3) is 3.80. The molecule has 1 N–H and O–H groups in total. The number of rotatable bonds is 6. The number of pyridine rings is 1. The maximum absolute atomic E-state index is 4.81. The molecule has 1 aliphatic rings. The van der Waals surface area contributed by atoms with Crippen LogP contribution in [-0.4, -0.2) is 35.6 Å². The molecule has 1 aromatic heterocycles. The zero-order valence-electron chi connectivity index (χ0n) is 12.9. The number of nitrogens with zero attached hydrogens (tertiary/aromatic N) is 2. The monoisotopic (exact) mass is 283 g/mol. The maximum atomic E-state index is 4.81. The fraction of sp³-hybridized carbons (Fsp3) is 0.500. The van der Waals surface area contributed by atoms with Gasteiger partial charge in [0.2, 0.25) is 0 Å². The van der Waals surface area contributed by atoms with Crippen LogP contribution < -0.4 is 5.32 Å². The van der Waals surface area contributed by atoms with E-state index in [1.165, 1.54) is 36.9 Å². The summed E-state index contributed by atoms with van der Waals surface area (Å²) >= 11 is 0. The number of hydrogen-bond donors (Lipinski definition) is 1. The molecule has 112 valence electrons. The predicted molar refractivity (Wildman–Crippen MR) is 88.3 cm³/mol. The predicted octanol–water partition coefficient (Wildman–Crippen LogP) is 3.20. The largest absolute Gasteiger partial charge is 0.313 e. The van der Waals surface area contributed by atoms with Crippen LogP contribution in [-0.2, 0) is 6.54 Å². The van der Waals surface area contributed by atoms with Crippen molar-refractivity contribution in [2.45, 2.75) is 38.8 Å². The normalized spacial score (nSPS) is 18.7. The van der Waals surface area contributed by atoms with Crippen molar-refractivity contribution in [1.29, 1.82) is 0 Å². The first-order valence-corrected chi connectivity index (χ1v) is 8.15. The van der Waals surface area contributed by atoms with Crippen molar-refractivity contribution in [2.75, 3.05) is 19.6 Å². The molecule has 1 fully saturated rings. The zero-order valence-corrected chi connectivity index (χ0v) is 12.9. The number of para-hydroxylation sites is 1. The van der Waals surface area contributed by atoms with Crippen molar-refractivity contribution < 1.29 is 0 Å². The molecule has 2 aromatic rings. The Kier molecular flexibility index (Phi) is 4.84. The number of aromatic nitrogens is 1. The molecule has 2 heterocycles. The molecule has 3 rings (SSSR count). The van der Waals surface area contributed by atoms with Crippen LogP contribution >= 0.6 is 0 Å². The van der Waals surface area contributed by atoms with E-state index in [1.54, 1.807) is 0 Å². The lowest BCUT2D eigenvalue weighted by molar-refractivity contribution is 0.239. The van der Waals surface area contributed by atoms with Crippen LogP contribution in [0.4, 0.5) is 0 Å². The summed E-state index contributed by atoms with van der Waals surface area (Å²) in [4.78, 5) is 7.35. The Balaban J connectivity index is 1.70. The van der Waals surface area contributed by atoms with Crippen molar-refractivity contribution in [3.63, 3.8) is 0 Å². The maximum Gasteiger partial charge on any atom is 0.0705 e. The topological polar surface area (TPSA) is 28.2 Å². The quantitative estimate of drug-likeness (QED) is 0.882. The zero-order chi connectivity index (χ0) is 14.5. The molecule has 0 radical (unpaired) electrons. The molecule has 1 saturated heterocycles. The van der Waals surface area contributed by atoms with Gasteiger partial charge in [-0.25, -0.2) is 0 Å². The first-order chi connectivity index (χ1) is 10.3. The van der Waals surface area contributed by atoms with Gasteiger partial charge >= 0.3 is 0 Å². The van der Waals surface area contributed by atoms with Gasteiger partial charge in [0.1, 0.15) is 0 Å². The lowest BCUT2D eigenvalue weighted by Gasteiger charge is -2.25. The van der Waals surface area contributed by atoms with Gasteiger partial charge in [0.25, 0.3) is 0 Å². The Hall–Kier alpha value is -1.45. The highest BCUT2D eigenvalue weighted by molar-refractivity contribution is 5.78. The average molecular weight is 283 g/mol. The summed E-state index contributed by atoms with van der Waals surface area (Å²) in [6, 6.07) is 13.4. The smallest absolute Gasteiger partial charge is 0.0705 e. The molecule has 1 aliphatic heterocycles. The minimum Gasteiger partial charge on any atom is -0.313 e. The van der Waals surface area contributed by atoms with E-state index in [0.29, 0.717) is 6.04 Å². The van der Waals surface area contributed by atoms with Gasteiger partial charge in [-0.15, -0.1) is 0 Å². The molecule has 0 aliphatic carbocycles. The van der Waals surface area contributed by atoms with Crippen molar-refractivity contribution in [1.82, 2.24) is 15.2 Å². The molecular formula is C18H25N3. The van der Waals surface area contributed by atoms with Gasteiger partial charge in [0.05, 0.1) is 11.2 Å². The van der Waals surface area contributed by atoms with Crippen LogP contribution in [0.1, 0.15) is 31.9 Å². The Morgan fingerprint density at radius 1 is 1.24 bits per heavy atom. The summed E-state index contributed by atoms with van der Waals surface area (Å²) in [6.07, 6.45) is 3.82. The van der Waals surface area contributed by atoms with Gasteiger partial charge in [0, 0.05) is 24.5 Å². The molecule has 0 saturated carbocycles. The minimum atomic E-state index is 0.664. The van der Waals surface area contributed by atoms with E-state index in [-0.39, 0.29) is 0 Å². The van der Waals surface area contributed by atoms with E-state index in [9.17, 15) is 0 Å². The van der Waals surface area contributed by atoms with E-state index in [4.69, 9.17) is 4.98 Å². The highest BCUT2D eigenvalue weighted by atomic mass is 15.2. The second kappa shape index (κ2) is 7.01. The molecular weight excluding hydrogens is 258 g/mol. The van der Waals surface area contributed by atoms with Crippen molar-refractivity contribution in [3.8, 4) is 0 Å². The van der Waals surface area contributed by atoms with Gasteiger partial charge in [-0.2, -0.15) is 0 Å². The van der Waals surface area contributed by atoms with Gasteiger partial charge in [-0.3, -0.25) is 9.88 Å². The third-order valence-electron chi connectivity index (χ3n) is 4.22. The molecule has 0 amide bonds. The lowest BCUT2D eigenvalue weighted by Crippen LogP contribution is -2.37. The minimum absolute atomic E-state index is 0.664. The van der Waals surface area contributed by atoms with Crippen LogP contribution in [0.25, 0.3) is 10.9 Å². The van der Waals surface area contributed by atoms with E-state index >= 15 is 0 Å². The summed E-state index contributed by atoms with van der Waals surface area (Å²) < 4.78 is 0. The second-order valence-electron chi connectivity index (χ2n) is 6.02. The van der Waals surface area contributed by atoms with Gasteiger partial charge in [0.15, 0.2) is 0 Å². The molecule has 0 bridgehead atoms. The Morgan fingerprint density at radius 3 is 2.95 bits per heavy atom. The first kappa shape index (κ1) is 14.5. The molecule has 0 spiro atoms. The Bertz CT molecular complexity index is 575. The summed E-state index contributed by atoms with van der Waals surface area (Å²) in [5.41, 5.74) is 2.28. The summed E-state index contributed by atoms with van der Waals surface area (Å²) in [6.45, 7) is 6.67. The third-order valence-corrected chi connectivity index (χ3v) is 4.22. The van der Waals surface area contributed by atoms with E-state index in [1.807, 2.05) is 0 Å². The van der Waals surface area contributed by atoms with Crippen LogP contribution in [0.15, 0.2) is 36.4 Å². The van der Waals surface area contributed by atoms with Crippen molar-refractivity contribution in [3.05, 3.63) is 42.1 Å². The van der Waals surface area contributed by atoms with E-state index in [0.717, 1.165) is 25.2 Å². The summed E-state index contributed by atoms with van der Waals surface area (Å²) in [7, 11) is 0. The number of nitrogens with one attached hydrogen (secondary N) is 1. The fourth-order valence-electron chi connectivity index (χ4n) is 3.20. The Morgan fingerprint density at radius 2 is 2.14 bits per heavy atom.